The number of amides is 1. The van der Waals surface area contributed by atoms with Gasteiger partial charge in [-0.15, -0.1) is 0 Å². The number of nitrogens with zero attached hydrogens (tertiary/aromatic N) is 1. The van der Waals surface area contributed by atoms with Crippen molar-refractivity contribution in [2.45, 2.75) is 33.2 Å². The lowest BCUT2D eigenvalue weighted by molar-refractivity contribution is -0.119. The smallest absolute Gasteiger partial charge is 0.294 e. The molecule has 0 fully saturated rings. The Bertz CT molecular complexity index is 962. The molecule has 1 unspecified atom stereocenters. The van der Waals surface area contributed by atoms with E-state index in [1.54, 1.807) is 45.2 Å². The summed E-state index contributed by atoms with van der Waals surface area (Å²) in [5.41, 5.74) is 1.36. The number of methoxy groups -OCH3 is 1. The van der Waals surface area contributed by atoms with Crippen molar-refractivity contribution >= 4 is 17.4 Å². The molecule has 6 nitrogen and oxygen atoms in total. The lowest BCUT2D eigenvalue weighted by Gasteiger charge is -2.27. The van der Waals surface area contributed by atoms with Gasteiger partial charge in [0.2, 0.25) is 0 Å². The third kappa shape index (κ3) is 4.03. The van der Waals surface area contributed by atoms with Gasteiger partial charge in [0.05, 0.1) is 25.3 Å². The van der Waals surface area contributed by atoms with Gasteiger partial charge in [0.1, 0.15) is 11.5 Å². The largest absolute Gasteiger partial charge is 0.503 e. The summed E-state index contributed by atoms with van der Waals surface area (Å²) in [5.74, 6) is -0.456. The molecule has 0 saturated carbocycles. The Morgan fingerprint density at radius 1 is 1.13 bits per heavy atom. The number of carbonyl (C=O) groups excluding carboxylic acids is 2. The van der Waals surface area contributed by atoms with Crippen LogP contribution in [-0.2, 0) is 9.59 Å². The molecule has 30 heavy (non-hydrogen) atoms. The number of hydrogen-bond acceptors (Lipinski definition) is 5. The Hall–Kier alpha value is -3.28. The molecule has 0 spiro atoms. The van der Waals surface area contributed by atoms with Crippen molar-refractivity contribution in [2.24, 2.45) is 5.92 Å². The maximum absolute atomic E-state index is 13.0. The number of aliphatic hydroxyl groups excluding tert-OH is 1. The summed E-state index contributed by atoms with van der Waals surface area (Å²) in [7, 11) is 1.54. The van der Waals surface area contributed by atoms with Crippen LogP contribution in [0, 0.1) is 5.92 Å². The molecular formula is C24H27NO5. The molecule has 2 aromatic carbocycles. The number of anilines is 1. The van der Waals surface area contributed by atoms with E-state index in [2.05, 4.69) is 0 Å². The molecule has 1 heterocycles. The van der Waals surface area contributed by atoms with Gasteiger partial charge in [0.25, 0.3) is 5.91 Å². The van der Waals surface area contributed by atoms with Crippen LogP contribution in [0.15, 0.2) is 59.9 Å². The van der Waals surface area contributed by atoms with Gasteiger partial charge in [0, 0.05) is 17.7 Å². The fourth-order valence-electron chi connectivity index (χ4n) is 3.48. The molecule has 1 aliphatic heterocycles. The summed E-state index contributed by atoms with van der Waals surface area (Å²) in [4.78, 5) is 27.4. The molecule has 0 radical (unpaired) electrons. The van der Waals surface area contributed by atoms with Crippen molar-refractivity contribution < 1.29 is 24.2 Å². The van der Waals surface area contributed by atoms with Crippen LogP contribution in [-0.4, -0.2) is 30.5 Å². The molecule has 6 heteroatoms. The van der Waals surface area contributed by atoms with Gasteiger partial charge in [-0.25, -0.2) is 0 Å². The first-order valence-electron chi connectivity index (χ1n) is 10.1. The minimum absolute atomic E-state index is 0.111. The summed E-state index contributed by atoms with van der Waals surface area (Å²) in [6, 6.07) is 13.5. The molecule has 0 bridgehead atoms. The number of aliphatic hydroxyl groups is 1. The van der Waals surface area contributed by atoms with Gasteiger partial charge in [-0.1, -0.05) is 39.0 Å². The Labute approximate surface area is 176 Å². The second kappa shape index (κ2) is 9.03. The highest BCUT2D eigenvalue weighted by atomic mass is 16.5. The van der Waals surface area contributed by atoms with Crippen molar-refractivity contribution in [2.75, 3.05) is 18.6 Å². The molecule has 1 amide bonds. The highest BCUT2D eigenvalue weighted by Crippen LogP contribution is 2.42. The third-order valence-corrected chi connectivity index (χ3v) is 5.00. The van der Waals surface area contributed by atoms with Crippen LogP contribution < -0.4 is 14.4 Å². The number of hydrogen-bond donors (Lipinski definition) is 1. The minimum Gasteiger partial charge on any atom is -0.503 e. The van der Waals surface area contributed by atoms with Crippen LogP contribution in [0.2, 0.25) is 0 Å². The van der Waals surface area contributed by atoms with E-state index in [0.29, 0.717) is 29.4 Å². The second-order valence-corrected chi connectivity index (χ2v) is 7.48. The second-order valence-electron chi connectivity index (χ2n) is 7.48. The van der Waals surface area contributed by atoms with Crippen LogP contribution in [0.5, 0.6) is 11.5 Å². The van der Waals surface area contributed by atoms with Crippen LogP contribution in [0.1, 0.15) is 38.8 Å². The van der Waals surface area contributed by atoms with Crippen molar-refractivity contribution in [1.82, 2.24) is 0 Å². The average Bonchev–Trinajstić information content (AvgIpc) is 3.02. The Balaban J connectivity index is 2.09. The number of ketones is 1. The van der Waals surface area contributed by atoms with Gasteiger partial charge in [0.15, 0.2) is 11.5 Å². The van der Waals surface area contributed by atoms with E-state index >= 15 is 0 Å². The van der Waals surface area contributed by atoms with Crippen LogP contribution in [0.25, 0.3) is 0 Å². The first-order chi connectivity index (χ1) is 14.4. The minimum atomic E-state index is -0.736. The number of Topliss-reactive ketones (excluding diaryl/α,β-unsaturated/α-hetero) is 1. The molecule has 1 N–H and O–H groups in total. The van der Waals surface area contributed by atoms with Crippen molar-refractivity contribution in [1.29, 1.82) is 0 Å². The SMILES string of the molecule is CCCOc1ccc(C2C(C(=O)C(C)C)=C(O)C(=O)N2c2cccc(OC)c2)cc1. The van der Waals surface area contributed by atoms with E-state index in [9.17, 15) is 14.7 Å². The van der Waals surface area contributed by atoms with Crippen molar-refractivity contribution in [3.8, 4) is 11.5 Å². The molecule has 0 aromatic heterocycles. The lowest BCUT2D eigenvalue weighted by Crippen LogP contribution is -2.31. The van der Waals surface area contributed by atoms with Crippen molar-refractivity contribution in [3.05, 3.63) is 65.4 Å². The van der Waals surface area contributed by atoms with Gasteiger partial charge in [-0.3, -0.25) is 14.5 Å². The van der Waals surface area contributed by atoms with Gasteiger partial charge >= 0.3 is 0 Å². The Morgan fingerprint density at radius 2 is 1.83 bits per heavy atom. The van der Waals surface area contributed by atoms with E-state index in [4.69, 9.17) is 9.47 Å². The first-order valence-corrected chi connectivity index (χ1v) is 10.1. The highest BCUT2D eigenvalue weighted by molar-refractivity contribution is 6.16. The normalized spacial score (nSPS) is 16.4. The molecule has 1 aliphatic rings. The molecule has 0 saturated heterocycles. The third-order valence-electron chi connectivity index (χ3n) is 5.00. The summed E-state index contributed by atoms with van der Waals surface area (Å²) in [6.07, 6.45) is 0.895. The zero-order chi connectivity index (χ0) is 21.8. The summed E-state index contributed by atoms with van der Waals surface area (Å²) in [5, 5.41) is 10.6. The quantitative estimate of drug-likeness (QED) is 0.689. The zero-order valence-electron chi connectivity index (χ0n) is 17.7. The van der Waals surface area contributed by atoms with Crippen molar-refractivity contribution in [3.63, 3.8) is 0 Å². The molecular weight excluding hydrogens is 382 g/mol. The van der Waals surface area contributed by atoms with Gasteiger partial charge < -0.3 is 14.6 Å². The lowest BCUT2D eigenvalue weighted by atomic mass is 9.91. The maximum atomic E-state index is 13.0. The maximum Gasteiger partial charge on any atom is 0.294 e. The molecule has 3 rings (SSSR count). The first kappa shape index (κ1) is 21.4. The summed E-state index contributed by atoms with van der Waals surface area (Å²) < 4.78 is 10.9. The fourth-order valence-corrected chi connectivity index (χ4v) is 3.48. The van der Waals surface area contributed by atoms with Crippen LogP contribution >= 0.6 is 0 Å². The monoisotopic (exact) mass is 409 g/mol. The molecule has 0 aliphatic carbocycles. The predicted octanol–water partition coefficient (Wildman–Crippen LogP) is 4.61. The molecule has 1 atom stereocenters. The van der Waals surface area contributed by atoms with E-state index in [-0.39, 0.29) is 17.3 Å². The number of benzene rings is 2. The zero-order valence-corrected chi connectivity index (χ0v) is 17.7. The standard InChI is InChI=1S/C24H27NO5/c1-5-13-30-18-11-9-16(10-12-18)21-20(22(26)15(2)3)23(27)24(28)25(21)17-7-6-8-19(14-17)29-4/h6-12,14-15,21,27H,5,13H2,1-4H3. The Kier molecular flexibility index (Phi) is 6.45. The average molecular weight is 409 g/mol. The number of carbonyl (C=O) groups is 2. The Morgan fingerprint density at radius 3 is 2.43 bits per heavy atom. The van der Waals surface area contributed by atoms with E-state index in [1.807, 2.05) is 31.2 Å². The highest BCUT2D eigenvalue weighted by Gasteiger charge is 2.44. The predicted molar refractivity (Wildman–Crippen MR) is 115 cm³/mol. The van der Waals surface area contributed by atoms with Gasteiger partial charge in [-0.2, -0.15) is 0 Å². The van der Waals surface area contributed by atoms with E-state index in [0.717, 1.165) is 6.42 Å². The fraction of sp³-hybridized carbons (Fsp3) is 0.333. The van der Waals surface area contributed by atoms with Gasteiger partial charge in [-0.05, 0) is 36.2 Å². The topological polar surface area (TPSA) is 76.1 Å². The van der Waals surface area contributed by atoms with E-state index in [1.165, 1.54) is 4.90 Å². The van der Waals surface area contributed by atoms with Crippen LogP contribution in [0.3, 0.4) is 0 Å². The summed E-state index contributed by atoms with van der Waals surface area (Å²) in [6.45, 7) is 6.14. The number of ether oxygens (including phenoxy) is 2. The summed E-state index contributed by atoms with van der Waals surface area (Å²) >= 11 is 0. The van der Waals surface area contributed by atoms with Crippen LogP contribution in [0.4, 0.5) is 5.69 Å². The molecule has 2 aromatic rings. The number of rotatable bonds is 8. The van der Waals surface area contributed by atoms with E-state index < -0.39 is 17.7 Å². The molecule has 158 valence electrons.